The van der Waals surface area contributed by atoms with Crippen molar-refractivity contribution in [2.24, 2.45) is 0 Å². The molecule has 0 saturated heterocycles. The van der Waals surface area contributed by atoms with Crippen LogP contribution in [0, 0.1) is 6.92 Å². The summed E-state index contributed by atoms with van der Waals surface area (Å²) in [5.74, 6) is 1.85. The van der Waals surface area contributed by atoms with E-state index in [-0.39, 0.29) is 0 Å². The highest BCUT2D eigenvalue weighted by Gasteiger charge is 2.17. The van der Waals surface area contributed by atoms with Crippen LogP contribution in [0.25, 0.3) is 5.69 Å². The summed E-state index contributed by atoms with van der Waals surface area (Å²) < 4.78 is 2.04. The summed E-state index contributed by atoms with van der Waals surface area (Å²) in [5, 5.41) is 3.55. The number of aryl methyl sites for hydroxylation is 2. The predicted octanol–water partition coefficient (Wildman–Crippen LogP) is 3.46. The van der Waals surface area contributed by atoms with Crippen LogP contribution in [0.3, 0.4) is 0 Å². The molecule has 1 aliphatic carbocycles. The third kappa shape index (κ3) is 2.89. The van der Waals surface area contributed by atoms with Gasteiger partial charge in [0.2, 0.25) is 0 Å². The number of aromatic nitrogens is 4. The maximum atomic E-state index is 4.65. The zero-order valence-electron chi connectivity index (χ0n) is 13.9. The second kappa shape index (κ2) is 6.43. The lowest BCUT2D eigenvalue weighted by Gasteiger charge is -2.20. The van der Waals surface area contributed by atoms with Crippen LogP contribution in [-0.2, 0) is 19.4 Å². The molecule has 4 rings (SSSR count). The monoisotopic (exact) mass is 319 g/mol. The number of nitrogens with zero attached hydrogens (tertiary/aromatic N) is 4. The minimum atomic E-state index is 0.733. The average molecular weight is 319 g/mol. The quantitative estimate of drug-likeness (QED) is 0.800. The third-order valence-corrected chi connectivity index (χ3v) is 4.52. The molecule has 0 spiro atoms. The summed E-state index contributed by atoms with van der Waals surface area (Å²) in [4.78, 5) is 13.4. The van der Waals surface area contributed by atoms with E-state index in [1.807, 2.05) is 24.0 Å². The number of para-hydroxylation sites is 1. The van der Waals surface area contributed by atoms with Crippen LogP contribution in [0.1, 0.15) is 35.5 Å². The molecule has 0 saturated carbocycles. The maximum absolute atomic E-state index is 4.65. The second-order valence-corrected chi connectivity index (χ2v) is 6.20. The summed E-state index contributed by atoms with van der Waals surface area (Å²) in [6, 6.07) is 8.37. The fourth-order valence-electron chi connectivity index (χ4n) is 3.36. The molecule has 24 heavy (non-hydrogen) atoms. The van der Waals surface area contributed by atoms with Gasteiger partial charge < -0.3 is 9.88 Å². The van der Waals surface area contributed by atoms with Gasteiger partial charge in [0.05, 0.1) is 12.0 Å². The van der Waals surface area contributed by atoms with Gasteiger partial charge in [0, 0.05) is 30.2 Å². The van der Waals surface area contributed by atoms with Crippen molar-refractivity contribution in [3.05, 3.63) is 65.6 Å². The topological polar surface area (TPSA) is 55.6 Å². The Bertz CT molecular complexity index is 839. The van der Waals surface area contributed by atoms with E-state index in [2.05, 4.69) is 44.5 Å². The Morgan fingerprint density at radius 3 is 2.88 bits per heavy atom. The van der Waals surface area contributed by atoms with Gasteiger partial charge in [-0.15, -0.1) is 0 Å². The van der Waals surface area contributed by atoms with E-state index in [0.29, 0.717) is 0 Å². The van der Waals surface area contributed by atoms with Crippen molar-refractivity contribution >= 4 is 5.82 Å². The molecule has 1 N–H and O–H groups in total. The first-order chi connectivity index (χ1) is 11.8. The number of nitrogens with one attached hydrogen (secondary N) is 1. The van der Waals surface area contributed by atoms with E-state index in [1.54, 1.807) is 6.20 Å². The van der Waals surface area contributed by atoms with Gasteiger partial charge in [0.1, 0.15) is 11.6 Å². The molecule has 122 valence electrons. The number of rotatable bonds is 4. The average Bonchev–Trinajstić information content (AvgIpc) is 3.14. The zero-order chi connectivity index (χ0) is 16.4. The molecule has 0 unspecified atom stereocenters. The Labute approximate surface area is 141 Å². The molecule has 5 nitrogen and oxygen atoms in total. The van der Waals surface area contributed by atoms with Crippen LogP contribution in [0.15, 0.2) is 43.0 Å². The second-order valence-electron chi connectivity index (χ2n) is 6.20. The molecule has 1 aliphatic rings. The standard InChI is InChI=1S/C19H21N5/c1-14-22-17-8-4-3-7-16(17)19(23-14)21-12-15-6-2-5-9-18(15)24-11-10-20-13-24/h2,5-6,9-11,13H,3-4,7-8,12H2,1H3,(H,21,22,23). The Morgan fingerprint density at radius 1 is 1.12 bits per heavy atom. The van der Waals surface area contributed by atoms with Crippen molar-refractivity contribution in [2.75, 3.05) is 5.32 Å². The Morgan fingerprint density at radius 2 is 2.00 bits per heavy atom. The van der Waals surface area contributed by atoms with Gasteiger partial charge in [-0.2, -0.15) is 0 Å². The Hall–Kier alpha value is -2.69. The van der Waals surface area contributed by atoms with Crippen LogP contribution in [-0.4, -0.2) is 19.5 Å². The summed E-state index contributed by atoms with van der Waals surface area (Å²) in [6.45, 7) is 2.71. The van der Waals surface area contributed by atoms with Crippen molar-refractivity contribution in [3.8, 4) is 5.69 Å². The molecule has 0 atom stereocenters. The molecule has 0 radical (unpaired) electrons. The van der Waals surface area contributed by atoms with Gasteiger partial charge in [0.25, 0.3) is 0 Å². The summed E-state index contributed by atoms with van der Waals surface area (Å²) in [5.41, 5.74) is 4.88. The number of imidazole rings is 1. The molecule has 2 heterocycles. The lowest BCUT2D eigenvalue weighted by Crippen LogP contribution is -2.14. The van der Waals surface area contributed by atoms with E-state index in [4.69, 9.17) is 0 Å². The van der Waals surface area contributed by atoms with E-state index >= 15 is 0 Å². The number of hydrogen-bond donors (Lipinski definition) is 1. The van der Waals surface area contributed by atoms with Gasteiger partial charge in [-0.1, -0.05) is 18.2 Å². The van der Waals surface area contributed by atoms with Gasteiger partial charge in [-0.3, -0.25) is 0 Å². The van der Waals surface area contributed by atoms with E-state index in [1.165, 1.54) is 29.7 Å². The number of hydrogen-bond acceptors (Lipinski definition) is 4. The van der Waals surface area contributed by atoms with E-state index < -0.39 is 0 Å². The zero-order valence-corrected chi connectivity index (χ0v) is 13.9. The van der Waals surface area contributed by atoms with Crippen molar-refractivity contribution < 1.29 is 0 Å². The maximum Gasteiger partial charge on any atom is 0.133 e. The molecule has 0 aliphatic heterocycles. The van der Waals surface area contributed by atoms with Crippen molar-refractivity contribution in [1.82, 2.24) is 19.5 Å². The predicted molar refractivity (Wildman–Crippen MR) is 94.3 cm³/mol. The van der Waals surface area contributed by atoms with Crippen molar-refractivity contribution in [3.63, 3.8) is 0 Å². The normalized spacial score (nSPS) is 13.5. The van der Waals surface area contributed by atoms with E-state index in [9.17, 15) is 0 Å². The minimum absolute atomic E-state index is 0.733. The fourth-order valence-corrected chi connectivity index (χ4v) is 3.36. The summed E-state index contributed by atoms with van der Waals surface area (Å²) in [6.07, 6.45) is 10.2. The van der Waals surface area contributed by atoms with Crippen molar-refractivity contribution in [1.29, 1.82) is 0 Å². The number of anilines is 1. The van der Waals surface area contributed by atoms with Crippen molar-refractivity contribution in [2.45, 2.75) is 39.2 Å². The van der Waals surface area contributed by atoms with Crippen LogP contribution >= 0.6 is 0 Å². The highest BCUT2D eigenvalue weighted by atomic mass is 15.1. The first kappa shape index (κ1) is 14.9. The van der Waals surface area contributed by atoms with Gasteiger partial charge >= 0.3 is 0 Å². The number of benzene rings is 1. The summed E-state index contributed by atoms with van der Waals surface area (Å²) in [7, 11) is 0. The molecule has 5 heteroatoms. The smallest absolute Gasteiger partial charge is 0.133 e. The minimum Gasteiger partial charge on any atom is -0.366 e. The molecule has 0 fully saturated rings. The molecular weight excluding hydrogens is 298 g/mol. The van der Waals surface area contributed by atoms with Crippen LogP contribution in [0.2, 0.25) is 0 Å². The first-order valence-corrected chi connectivity index (χ1v) is 8.48. The Kier molecular flexibility index (Phi) is 3.99. The molecular formula is C19H21N5. The molecule has 0 bridgehead atoms. The molecule has 1 aromatic carbocycles. The fraction of sp³-hybridized carbons (Fsp3) is 0.316. The molecule has 3 aromatic rings. The third-order valence-electron chi connectivity index (χ3n) is 4.52. The molecule has 0 amide bonds. The van der Waals surface area contributed by atoms with E-state index in [0.717, 1.165) is 36.7 Å². The Balaban J connectivity index is 1.62. The van der Waals surface area contributed by atoms with Crippen LogP contribution in [0.4, 0.5) is 5.82 Å². The van der Waals surface area contributed by atoms with Crippen LogP contribution in [0.5, 0.6) is 0 Å². The lowest BCUT2D eigenvalue weighted by atomic mass is 9.96. The highest BCUT2D eigenvalue weighted by molar-refractivity contribution is 5.50. The first-order valence-electron chi connectivity index (χ1n) is 8.48. The van der Waals surface area contributed by atoms with Gasteiger partial charge in [-0.25, -0.2) is 15.0 Å². The highest BCUT2D eigenvalue weighted by Crippen LogP contribution is 2.26. The van der Waals surface area contributed by atoms with Crippen LogP contribution < -0.4 is 5.32 Å². The lowest BCUT2D eigenvalue weighted by molar-refractivity contribution is 0.659. The number of fused-ring (bicyclic) bond motifs is 1. The summed E-state index contributed by atoms with van der Waals surface area (Å²) >= 11 is 0. The molecule has 2 aromatic heterocycles. The largest absolute Gasteiger partial charge is 0.366 e. The van der Waals surface area contributed by atoms with Gasteiger partial charge in [-0.05, 0) is 44.2 Å². The van der Waals surface area contributed by atoms with Gasteiger partial charge in [0.15, 0.2) is 0 Å². The SMILES string of the molecule is Cc1nc2c(c(NCc3ccccc3-n3ccnc3)n1)CCCC2.